The molecule has 1 atom stereocenters. The molecule has 2 heterocycles. The van der Waals surface area contributed by atoms with E-state index in [9.17, 15) is 0 Å². The molecule has 100 valence electrons. The normalized spacial score (nSPS) is 19.8. The van der Waals surface area contributed by atoms with Gasteiger partial charge < -0.3 is 10.2 Å². The molecule has 0 bridgehead atoms. The van der Waals surface area contributed by atoms with Gasteiger partial charge in [-0.25, -0.2) is 9.97 Å². The van der Waals surface area contributed by atoms with Crippen molar-refractivity contribution in [1.82, 2.24) is 15.3 Å². The topological polar surface area (TPSA) is 41.0 Å². The average molecular weight is 248 g/mol. The zero-order valence-corrected chi connectivity index (χ0v) is 11.7. The van der Waals surface area contributed by atoms with E-state index in [1.165, 1.54) is 19.4 Å². The van der Waals surface area contributed by atoms with Gasteiger partial charge in [-0.3, -0.25) is 0 Å². The molecule has 1 fully saturated rings. The van der Waals surface area contributed by atoms with Gasteiger partial charge in [0.1, 0.15) is 11.6 Å². The average Bonchev–Trinajstić information content (AvgIpc) is 2.39. The Morgan fingerprint density at radius 2 is 2.28 bits per heavy atom. The maximum absolute atomic E-state index is 4.54. The lowest BCUT2D eigenvalue weighted by Crippen LogP contribution is -2.37. The van der Waals surface area contributed by atoms with Crippen LogP contribution in [-0.2, 0) is 6.42 Å². The van der Waals surface area contributed by atoms with E-state index >= 15 is 0 Å². The summed E-state index contributed by atoms with van der Waals surface area (Å²) < 4.78 is 0. The van der Waals surface area contributed by atoms with Gasteiger partial charge >= 0.3 is 0 Å². The van der Waals surface area contributed by atoms with Crippen LogP contribution in [0, 0.1) is 12.8 Å². The molecule has 0 amide bonds. The van der Waals surface area contributed by atoms with E-state index in [0.29, 0.717) is 0 Å². The fourth-order valence-electron chi connectivity index (χ4n) is 2.55. The molecule has 0 spiro atoms. The molecular formula is C14H24N4. The van der Waals surface area contributed by atoms with Gasteiger partial charge in [0, 0.05) is 25.4 Å². The third kappa shape index (κ3) is 3.42. The minimum absolute atomic E-state index is 0.740. The van der Waals surface area contributed by atoms with Crippen molar-refractivity contribution in [3.05, 3.63) is 17.6 Å². The van der Waals surface area contributed by atoms with Gasteiger partial charge in [-0.05, 0) is 45.2 Å². The summed E-state index contributed by atoms with van der Waals surface area (Å²) in [5, 5.41) is 3.47. The van der Waals surface area contributed by atoms with E-state index in [1.807, 2.05) is 6.92 Å². The minimum Gasteiger partial charge on any atom is -0.359 e. The molecule has 1 aromatic rings. The summed E-state index contributed by atoms with van der Waals surface area (Å²) in [6, 6.07) is 2.11. The third-order valence-electron chi connectivity index (χ3n) is 3.56. The molecular weight excluding hydrogens is 224 g/mol. The first-order valence-corrected chi connectivity index (χ1v) is 6.95. The second kappa shape index (κ2) is 6.14. The van der Waals surface area contributed by atoms with Gasteiger partial charge in [0.15, 0.2) is 0 Å². The lowest BCUT2D eigenvalue weighted by Gasteiger charge is -2.28. The lowest BCUT2D eigenvalue weighted by molar-refractivity contribution is 0.380. The summed E-state index contributed by atoms with van der Waals surface area (Å²) in [5.41, 5.74) is 1.13. The van der Waals surface area contributed by atoms with Crippen LogP contribution in [0.5, 0.6) is 0 Å². The van der Waals surface area contributed by atoms with E-state index in [4.69, 9.17) is 0 Å². The van der Waals surface area contributed by atoms with Crippen LogP contribution in [0.4, 0.5) is 5.82 Å². The molecule has 1 aliphatic rings. The number of aromatic nitrogens is 2. The highest BCUT2D eigenvalue weighted by Crippen LogP contribution is 2.16. The number of nitrogens with one attached hydrogen (secondary N) is 1. The molecule has 1 saturated heterocycles. The summed E-state index contributed by atoms with van der Waals surface area (Å²) in [6.45, 7) is 7.49. The second-order valence-electron chi connectivity index (χ2n) is 5.21. The van der Waals surface area contributed by atoms with Crippen molar-refractivity contribution in [2.24, 2.45) is 5.92 Å². The maximum Gasteiger partial charge on any atom is 0.132 e. The fraction of sp³-hybridized carbons (Fsp3) is 0.714. The Kier molecular flexibility index (Phi) is 4.53. The van der Waals surface area contributed by atoms with Crippen molar-refractivity contribution < 1.29 is 0 Å². The van der Waals surface area contributed by atoms with Crippen molar-refractivity contribution in [3.63, 3.8) is 0 Å². The first-order valence-electron chi connectivity index (χ1n) is 6.95. The SMILES string of the molecule is CCc1cc(N(C)CC2CCCNC2)nc(C)n1. The van der Waals surface area contributed by atoms with Gasteiger partial charge in [-0.15, -0.1) is 0 Å². The Bertz CT molecular complexity index is 385. The van der Waals surface area contributed by atoms with E-state index in [1.54, 1.807) is 0 Å². The van der Waals surface area contributed by atoms with Crippen molar-refractivity contribution in [2.75, 3.05) is 31.6 Å². The quantitative estimate of drug-likeness (QED) is 0.882. The molecule has 18 heavy (non-hydrogen) atoms. The van der Waals surface area contributed by atoms with Crippen LogP contribution in [0.15, 0.2) is 6.07 Å². The number of piperidine rings is 1. The van der Waals surface area contributed by atoms with Gasteiger partial charge in [-0.1, -0.05) is 6.92 Å². The molecule has 4 heteroatoms. The van der Waals surface area contributed by atoms with Crippen molar-refractivity contribution in [2.45, 2.75) is 33.1 Å². The Balaban J connectivity index is 2.02. The van der Waals surface area contributed by atoms with Crippen LogP contribution in [0.25, 0.3) is 0 Å². The predicted octanol–water partition coefficient (Wildman–Crippen LogP) is 1.78. The van der Waals surface area contributed by atoms with Gasteiger partial charge in [0.25, 0.3) is 0 Å². The van der Waals surface area contributed by atoms with E-state index in [0.717, 1.165) is 42.8 Å². The van der Waals surface area contributed by atoms with Crippen LogP contribution in [0.1, 0.15) is 31.3 Å². The molecule has 4 nitrogen and oxygen atoms in total. The molecule has 1 aliphatic heterocycles. The summed E-state index contributed by atoms with van der Waals surface area (Å²) in [7, 11) is 2.13. The number of nitrogens with zero attached hydrogens (tertiary/aromatic N) is 3. The van der Waals surface area contributed by atoms with Crippen LogP contribution in [0.3, 0.4) is 0 Å². The smallest absolute Gasteiger partial charge is 0.132 e. The molecule has 0 saturated carbocycles. The van der Waals surface area contributed by atoms with E-state index in [-0.39, 0.29) is 0 Å². The first-order chi connectivity index (χ1) is 8.69. The number of hydrogen-bond acceptors (Lipinski definition) is 4. The maximum atomic E-state index is 4.54. The molecule has 0 aromatic carbocycles. The Hall–Kier alpha value is -1.16. The van der Waals surface area contributed by atoms with Gasteiger partial charge in [-0.2, -0.15) is 0 Å². The molecule has 0 aliphatic carbocycles. The molecule has 1 aromatic heterocycles. The largest absolute Gasteiger partial charge is 0.359 e. The van der Waals surface area contributed by atoms with Crippen molar-refractivity contribution >= 4 is 5.82 Å². The molecule has 2 rings (SSSR count). The van der Waals surface area contributed by atoms with Gasteiger partial charge in [0.05, 0.1) is 0 Å². The minimum atomic E-state index is 0.740. The third-order valence-corrected chi connectivity index (χ3v) is 3.56. The van der Waals surface area contributed by atoms with Gasteiger partial charge in [0.2, 0.25) is 0 Å². The highest BCUT2D eigenvalue weighted by Gasteiger charge is 2.16. The zero-order chi connectivity index (χ0) is 13.0. The standard InChI is InChI=1S/C14H24N4/c1-4-13-8-14(17-11(2)16-13)18(3)10-12-6-5-7-15-9-12/h8,12,15H,4-7,9-10H2,1-3H3. The Morgan fingerprint density at radius 1 is 1.44 bits per heavy atom. The number of rotatable bonds is 4. The monoisotopic (exact) mass is 248 g/mol. The molecule has 1 unspecified atom stereocenters. The Labute approximate surface area is 110 Å². The molecule has 1 N–H and O–H groups in total. The van der Waals surface area contributed by atoms with Crippen molar-refractivity contribution in [1.29, 1.82) is 0 Å². The first kappa shape index (κ1) is 13.3. The summed E-state index contributed by atoms with van der Waals surface area (Å²) in [5.74, 6) is 2.67. The predicted molar refractivity (Wildman–Crippen MR) is 75.0 cm³/mol. The van der Waals surface area contributed by atoms with Crippen LogP contribution in [-0.4, -0.2) is 36.6 Å². The summed E-state index contributed by atoms with van der Waals surface area (Å²) in [6.07, 6.45) is 3.58. The molecule has 0 radical (unpaired) electrons. The number of anilines is 1. The second-order valence-corrected chi connectivity index (χ2v) is 5.21. The zero-order valence-electron chi connectivity index (χ0n) is 11.7. The number of aryl methyl sites for hydroxylation is 2. The lowest BCUT2D eigenvalue weighted by atomic mass is 9.99. The highest BCUT2D eigenvalue weighted by atomic mass is 15.2. The number of hydrogen-bond donors (Lipinski definition) is 1. The van der Waals surface area contributed by atoms with E-state index < -0.39 is 0 Å². The Morgan fingerprint density at radius 3 is 2.94 bits per heavy atom. The van der Waals surface area contributed by atoms with Crippen LogP contribution < -0.4 is 10.2 Å². The van der Waals surface area contributed by atoms with Crippen LogP contribution >= 0.6 is 0 Å². The fourth-order valence-corrected chi connectivity index (χ4v) is 2.55. The van der Waals surface area contributed by atoms with E-state index in [2.05, 4.69) is 40.2 Å². The van der Waals surface area contributed by atoms with Crippen molar-refractivity contribution in [3.8, 4) is 0 Å². The highest BCUT2D eigenvalue weighted by molar-refractivity contribution is 5.39. The summed E-state index contributed by atoms with van der Waals surface area (Å²) in [4.78, 5) is 11.2. The van der Waals surface area contributed by atoms with Crippen LogP contribution in [0.2, 0.25) is 0 Å². The summed E-state index contributed by atoms with van der Waals surface area (Å²) >= 11 is 0.